The number of fused-ring (bicyclic) bond motifs is 3. The number of rotatable bonds is 3. The van der Waals surface area contributed by atoms with Gasteiger partial charge in [0.2, 0.25) is 0 Å². The molecule has 3 atom stereocenters. The molecule has 138 valence electrons. The van der Waals surface area contributed by atoms with Crippen LogP contribution in [0.3, 0.4) is 0 Å². The second-order valence-corrected chi connectivity index (χ2v) is 7.65. The molecular weight excluding hydrogens is 337 g/mol. The Morgan fingerprint density at radius 1 is 1.00 bits per heavy atom. The molecule has 2 aromatic carbocycles. The fourth-order valence-electron chi connectivity index (χ4n) is 4.69. The van der Waals surface area contributed by atoms with Gasteiger partial charge in [0.1, 0.15) is 5.75 Å². The molecule has 2 aliphatic rings. The summed E-state index contributed by atoms with van der Waals surface area (Å²) in [6, 6.07) is 7.76. The maximum Gasteiger partial charge on any atom is 0.194 e. The lowest BCUT2D eigenvalue weighted by molar-refractivity contribution is 0.125. The Labute approximate surface area is 152 Å². The van der Waals surface area contributed by atoms with Crippen LogP contribution in [0.5, 0.6) is 5.75 Å². The highest BCUT2D eigenvalue weighted by atomic mass is 19.2. The Morgan fingerprint density at radius 2 is 1.77 bits per heavy atom. The summed E-state index contributed by atoms with van der Waals surface area (Å²) < 4.78 is 46.3. The highest BCUT2D eigenvalue weighted by Gasteiger charge is 2.36. The van der Waals surface area contributed by atoms with Crippen molar-refractivity contribution in [3.05, 3.63) is 53.3 Å². The fourth-order valence-corrected chi connectivity index (χ4v) is 4.69. The first-order valence-corrected chi connectivity index (χ1v) is 9.48. The molecule has 1 fully saturated rings. The van der Waals surface area contributed by atoms with E-state index < -0.39 is 17.5 Å². The molecule has 0 spiro atoms. The number of ether oxygens (including phenoxy) is 1. The first kappa shape index (κ1) is 17.4. The van der Waals surface area contributed by atoms with Crippen molar-refractivity contribution in [2.75, 3.05) is 6.61 Å². The van der Waals surface area contributed by atoms with Gasteiger partial charge >= 0.3 is 0 Å². The van der Waals surface area contributed by atoms with E-state index in [0.717, 1.165) is 23.8 Å². The third-order valence-electron chi connectivity index (χ3n) is 5.97. The molecule has 0 saturated heterocycles. The summed E-state index contributed by atoms with van der Waals surface area (Å²) in [6.45, 7) is 2.94. The number of hydrogen-bond donors (Lipinski definition) is 0. The van der Waals surface area contributed by atoms with E-state index in [-0.39, 0.29) is 0 Å². The minimum atomic E-state index is -1.44. The topological polar surface area (TPSA) is 9.23 Å². The van der Waals surface area contributed by atoms with Crippen molar-refractivity contribution in [2.45, 2.75) is 44.9 Å². The van der Waals surface area contributed by atoms with Crippen LogP contribution in [0.25, 0.3) is 11.1 Å². The standard InChI is InChI=1S/C22H23F3O/c1-2-3-13-4-6-17-16(8-13)12-26-21-11-14(5-7-18(17)21)15-9-19(23)22(25)20(24)10-15/h5,7,9-11,13,16-17H,2-4,6,8,12H2,1H3/t13?,16?,17-/m1/s1. The van der Waals surface area contributed by atoms with Crippen LogP contribution in [0.2, 0.25) is 0 Å². The summed E-state index contributed by atoms with van der Waals surface area (Å²) >= 11 is 0. The molecule has 0 bridgehead atoms. The second-order valence-electron chi connectivity index (χ2n) is 7.65. The van der Waals surface area contributed by atoms with Gasteiger partial charge in [-0.1, -0.05) is 31.9 Å². The van der Waals surface area contributed by atoms with Crippen LogP contribution >= 0.6 is 0 Å². The number of hydrogen-bond acceptors (Lipinski definition) is 1. The molecule has 0 amide bonds. The van der Waals surface area contributed by atoms with Crippen molar-refractivity contribution in [3.63, 3.8) is 0 Å². The van der Waals surface area contributed by atoms with E-state index in [2.05, 4.69) is 6.92 Å². The molecule has 0 aromatic heterocycles. The van der Waals surface area contributed by atoms with E-state index in [4.69, 9.17) is 4.74 Å². The molecule has 2 aromatic rings. The molecule has 4 heteroatoms. The van der Waals surface area contributed by atoms with Crippen LogP contribution in [-0.4, -0.2) is 6.61 Å². The van der Waals surface area contributed by atoms with Gasteiger partial charge in [-0.15, -0.1) is 0 Å². The van der Waals surface area contributed by atoms with Gasteiger partial charge in [-0.05, 0) is 66.0 Å². The summed E-state index contributed by atoms with van der Waals surface area (Å²) in [5.41, 5.74) is 2.16. The Morgan fingerprint density at radius 3 is 2.50 bits per heavy atom. The van der Waals surface area contributed by atoms with E-state index >= 15 is 0 Å². The van der Waals surface area contributed by atoms with Crippen LogP contribution in [-0.2, 0) is 0 Å². The maximum absolute atomic E-state index is 13.5. The highest BCUT2D eigenvalue weighted by Crippen LogP contribution is 2.48. The summed E-state index contributed by atoms with van der Waals surface area (Å²) in [5.74, 6) is -1.13. The van der Waals surface area contributed by atoms with Crippen molar-refractivity contribution < 1.29 is 17.9 Å². The maximum atomic E-state index is 13.5. The molecule has 0 N–H and O–H groups in total. The smallest absolute Gasteiger partial charge is 0.194 e. The van der Waals surface area contributed by atoms with Crippen LogP contribution in [0.15, 0.2) is 30.3 Å². The Hall–Kier alpha value is -1.97. The molecule has 26 heavy (non-hydrogen) atoms. The SMILES string of the molecule is CCCC1CC[C@H]2c3ccc(-c4cc(F)c(F)c(F)c4)cc3OCC2C1. The van der Waals surface area contributed by atoms with E-state index in [1.54, 1.807) is 0 Å². The average Bonchev–Trinajstić information content (AvgIpc) is 2.65. The predicted molar refractivity (Wildman–Crippen MR) is 95.7 cm³/mol. The zero-order valence-corrected chi connectivity index (χ0v) is 14.9. The minimum absolute atomic E-state index is 0.321. The first-order valence-electron chi connectivity index (χ1n) is 9.48. The molecular formula is C22H23F3O. The van der Waals surface area contributed by atoms with Gasteiger partial charge in [0.05, 0.1) is 6.61 Å². The molecule has 1 nitrogen and oxygen atoms in total. The van der Waals surface area contributed by atoms with E-state index in [9.17, 15) is 13.2 Å². The summed E-state index contributed by atoms with van der Waals surface area (Å²) in [6.07, 6.45) is 6.16. The molecule has 4 rings (SSSR count). The number of halogens is 3. The molecule has 0 radical (unpaired) electrons. The zero-order chi connectivity index (χ0) is 18.3. The zero-order valence-electron chi connectivity index (χ0n) is 14.9. The second kappa shape index (κ2) is 6.98. The van der Waals surface area contributed by atoms with Crippen LogP contribution < -0.4 is 4.74 Å². The summed E-state index contributed by atoms with van der Waals surface area (Å²) in [5, 5.41) is 0. The van der Waals surface area contributed by atoms with Gasteiger partial charge < -0.3 is 4.74 Å². The van der Waals surface area contributed by atoms with Crippen molar-refractivity contribution in [2.24, 2.45) is 11.8 Å². The van der Waals surface area contributed by atoms with Crippen LogP contribution in [0.4, 0.5) is 13.2 Å². The molecule has 1 aliphatic heterocycles. The van der Waals surface area contributed by atoms with Gasteiger partial charge in [0, 0.05) is 5.92 Å². The minimum Gasteiger partial charge on any atom is -0.493 e. The monoisotopic (exact) mass is 360 g/mol. The summed E-state index contributed by atoms with van der Waals surface area (Å²) in [4.78, 5) is 0. The van der Waals surface area contributed by atoms with E-state index in [0.29, 0.717) is 29.6 Å². The van der Waals surface area contributed by atoms with Gasteiger partial charge in [0.15, 0.2) is 17.5 Å². The van der Waals surface area contributed by atoms with Crippen molar-refractivity contribution in [1.82, 2.24) is 0 Å². The summed E-state index contributed by atoms with van der Waals surface area (Å²) in [7, 11) is 0. The van der Waals surface area contributed by atoms with Crippen molar-refractivity contribution in [3.8, 4) is 16.9 Å². The third-order valence-corrected chi connectivity index (χ3v) is 5.97. The lowest BCUT2D eigenvalue weighted by Gasteiger charge is -2.40. The predicted octanol–water partition coefficient (Wildman–Crippen LogP) is 6.46. The third kappa shape index (κ3) is 3.10. The van der Waals surface area contributed by atoms with Gasteiger partial charge in [-0.25, -0.2) is 13.2 Å². The largest absolute Gasteiger partial charge is 0.493 e. The van der Waals surface area contributed by atoms with Crippen LogP contribution in [0.1, 0.15) is 50.5 Å². The van der Waals surface area contributed by atoms with Crippen molar-refractivity contribution >= 4 is 0 Å². The number of benzene rings is 2. The van der Waals surface area contributed by atoms with Crippen molar-refractivity contribution in [1.29, 1.82) is 0 Å². The fraction of sp³-hybridized carbons (Fsp3) is 0.455. The van der Waals surface area contributed by atoms with Gasteiger partial charge in [-0.2, -0.15) is 0 Å². The molecule has 1 aliphatic carbocycles. The van der Waals surface area contributed by atoms with E-state index in [1.807, 2.05) is 18.2 Å². The van der Waals surface area contributed by atoms with Gasteiger partial charge in [-0.3, -0.25) is 0 Å². The van der Waals surface area contributed by atoms with Crippen LogP contribution in [0, 0.1) is 29.3 Å². The highest BCUT2D eigenvalue weighted by molar-refractivity contribution is 5.67. The Kier molecular flexibility index (Phi) is 4.68. The molecule has 1 heterocycles. The van der Waals surface area contributed by atoms with E-state index in [1.165, 1.54) is 37.7 Å². The normalized spacial score (nSPS) is 24.5. The molecule has 2 unspecified atom stereocenters. The lowest BCUT2D eigenvalue weighted by Crippen LogP contribution is -2.32. The first-order chi connectivity index (χ1) is 12.6. The molecule has 1 saturated carbocycles. The average molecular weight is 360 g/mol. The lowest BCUT2D eigenvalue weighted by atomic mass is 9.69. The Balaban J connectivity index is 1.61. The quantitative estimate of drug-likeness (QED) is 0.571. The van der Waals surface area contributed by atoms with Gasteiger partial charge in [0.25, 0.3) is 0 Å². The Bertz CT molecular complexity index is 794.